The fourth-order valence-electron chi connectivity index (χ4n) is 2.32. The van der Waals surface area contributed by atoms with Gasteiger partial charge in [-0.3, -0.25) is 19.7 Å². The molecule has 0 aliphatic heterocycles. The van der Waals surface area contributed by atoms with Gasteiger partial charge in [0, 0.05) is 17.5 Å². The van der Waals surface area contributed by atoms with Crippen LogP contribution in [-0.2, 0) is 20.7 Å². The molecule has 9 heteroatoms. The summed E-state index contributed by atoms with van der Waals surface area (Å²) in [6, 6.07) is 13.7. The van der Waals surface area contributed by atoms with E-state index in [1.807, 2.05) is 0 Å². The van der Waals surface area contributed by atoms with E-state index in [4.69, 9.17) is 9.26 Å². The lowest BCUT2D eigenvalue weighted by Gasteiger charge is -2.05. The topological polar surface area (TPSA) is 111 Å². The van der Waals surface area contributed by atoms with Crippen LogP contribution < -0.4 is 5.32 Å². The van der Waals surface area contributed by atoms with E-state index in [0.717, 1.165) is 0 Å². The highest BCUT2D eigenvalue weighted by molar-refractivity contribution is 6.05. The molecule has 0 atom stereocenters. The quantitative estimate of drug-likeness (QED) is 0.609. The molecular formula is C20H16FN3O5. The number of amides is 2. The van der Waals surface area contributed by atoms with Crippen molar-refractivity contribution in [2.45, 2.75) is 12.8 Å². The second-order valence-electron chi connectivity index (χ2n) is 5.92. The van der Waals surface area contributed by atoms with Crippen LogP contribution in [0, 0.1) is 5.82 Å². The summed E-state index contributed by atoms with van der Waals surface area (Å²) in [5, 5.41) is 5.90. The molecule has 2 aromatic carbocycles. The largest absolute Gasteiger partial charge is 0.456 e. The van der Waals surface area contributed by atoms with Gasteiger partial charge in [0.05, 0.1) is 6.42 Å². The van der Waals surface area contributed by atoms with Gasteiger partial charge in [-0.05, 0) is 36.4 Å². The molecule has 2 amide bonds. The highest BCUT2D eigenvalue weighted by atomic mass is 19.1. The van der Waals surface area contributed by atoms with E-state index in [9.17, 15) is 18.8 Å². The number of carbonyl (C=O) groups excluding carboxylic acids is 3. The fourth-order valence-corrected chi connectivity index (χ4v) is 2.32. The van der Waals surface area contributed by atoms with Gasteiger partial charge in [0.25, 0.3) is 11.8 Å². The molecule has 0 fully saturated rings. The number of hydrogen-bond acceptors (Lipinski definition) is 7. The number of benzene rings is 2. The average Bonchev–Trinajstić information content (AvgIpc) is 3.21. The first-order valence-electron chi connectivity index (χ1n) is 8.64. The summed E-state index contributed by atoms with van der Waals surface area (Å²) < 4.78 is 22.8. The van der Waals surface area contributed by atoms with E-state index >= 15 is 0 Å². The third-order valence-corrected chi connectivity index (χ3v) is 3.77. The van der Waals surface area contributed by atoms with Gasteiger partial charge in [-0.1, -0.05) is 23.4 Å². The van der Waals surface area contributed by atoms with Gasteiger partial charge in [0.2, 0.25) is 11.7 Å². The third-order valence-electron chi connectivity index (χ3n) is 3.77. The monoisotopic (exact) mass is 397 g/mol. The molecule has 0 saturated carbocycles. The molecule has 0 saturated heterocycles. The van der Waals surface area contributed by atoms with Gasteiger partial charge in [-0.15, -0.1) is 0 Å². The van der Waals surface area contributed by atoms with Crippen LogP contribution in [0.15, 0.2) is 59.1 Å². The van der Waals surface area contributed by atoms with Gasteiger partial charge in [-0.25, -0.2) is 4.39 Å². The molecule has 0 aliphatic rings. The minimum atomic E-state index is -0.733. The van der Waals surface area contributed by atoms with Crippen LogP contribution in [0.4, 0.5) is 4.39 Å². The van der Waals surface area contributed by atoms with Gasteiger partial charge in [0.1, 0.15) is 5.82 Å². The van der Waals surface area contributed by atoms with Crippen LogP contribution in [0.25, 0.3) is 11.4 Å². The van der Waals surface area contributed by atoms with Crippen molar-refractivity contribution in [2.75, 3.05) is 6.61 Å². The molecule has 0 bridgehead atoms. The lowest BCUT2D eigenvalue weighted by atomic mass is 10.2. The summed E-state index contributed by atoms with van der Waals surface area (Å²) in [5.74, 6) is -1.88. The standard InChI is InChI=1S/C20H16FN3O5/c21-15-8-6-13(7-9-15)19-23-17(29-24-19)10-11-18(26)28-12-16(25)22-20(27)14-4-2-1-3-5-14/h1-9H,10-12H2,(H,22,25,27). The lowest BCUT2D eigenvalue weighted by Crippen LogP contribution is -2.34. The Hall–Kier alpha value is -3.88. The Balaban J connectivity index is 1.41. The van der Waals surface area contributed by atoms with E-state index in [0.29, 0.717) is 11.1 Å². The number of esters is 1. The van der Waals surface area contributed by atoms with Crippen LogP contribution in [-0.4, -0.2) is 34.5 Å². The van der Waals surface area contributed by atoms with Crippen molar-refractivity contribution in [3.05, 3.63) is 71.9 Å². The number of nitrogens with one attached hydrogen (secondary N) is 1. The molecule has 29 heavy (non-hydrogen) atoms. The first-order valence-corrected chi connectivity index (χ1v) is 8.64. The second kappa shape index (κ2) is 9.36. The first-order chi connectivity index (χ1) is 14.0. The Bertz CT molecular complexity index is 1000. The molecule has 1 aromatic heterocycles. The first kappa shape index (κ1) is 19.9. The van der Waals surface area contributed by atoms with Crippen LogP contribution in [0.3, 0.4) is 0 Å². The number of aromatic nitrogens is 2. The summed E-state index contributed by atoms with van der Waals surface area (Å²) >= 11 is 0. The molecule has 3 aromatic rings. The minimum absolute atomic E-state index is 0.0923. The van der Waals surface area contributed by atoms with Gasteiger partial charge in [0.15, 0.2) is 6.61 Å². The predicted molar refractivity (Wildman–Crippen MR) is 97.9 cm³/mol. The van der Waals surface area contributed by atoms with Crippen molar-refractivity contribution < 1.29 is 28.0 Å². The Kier molecular flexibility index (Phi) is 6.41. The van der Waals surface area contributed by atoms with Crippen LogP contribution in [0.5, 0.6) is 0 Å². The molecule has 1 heterocycles. The smallest absolute Gasteiger partial charge is 0.306 e. The number of aryl methyl sites for hydroxylation is 1. The average molecular weight is 397 g/mol. The molecule has 0 radical (unpaired) electrons. The number of ether oxygens (including phenoxy) is 1. The van der Waals surface area contributed by atoms with Crippen molar-refractivity contribution in [1.29, 1.82) is 0 Å². The highest BCUT2D eigenvalue weighted by Gasteiger charge is 2.14. The molecule has 3 rings (SSSR count). The summed E-state index contributed by atoms with van der Waals surface area (Å²) in [5.41, 5.74) is 0.893. The maximum absolute atomic E-state index is 12.9. The Morgan fingerprint density at radius 3 is 2.48 bits per heavy atom. The fraction of sp³-hybridized carbons (Fsp3) is 0.150. The van der Waals surface area contributed by atoms with Crippen LogP contribution in [0.1, 0.15) is 22.7 Å². The van der Waals surface area contributed by atoms with Gasteiger partial charge < -0.3 is 9.26 Å². The molecular weight excluding hydrogens is 381 g/mol. The van der Waals surface area contributed by atoms with E-state index in [1.54, 1.807) is 30.3 Å². The van der Waals surface area contributed by atoms with Crippen LogP contribution >= 0.6 is 0 Å². The summed E-state index contributed by atoms with van der Waals surface area (Å²) in [7, 11) is 0. The van der Waals surface area contributed by atoms with Crippen molar-refractivity contribution in [3.63, 3.8) is 0 Å². The molecule has 148 valence electrons. The molecule has 0 unspecified atom stereocenters. The predicted octanol–water partition coefficient (Wildman–Crippen LogP) is 2.31. The zero-order valence-corrected chi connectivity index (χ0v) is 15.1. The van der Waals surface area contributed by atoms with Crippen molar-refractivity contribution in [2.24, 2.45) is 0 Å². The van der Waals surface area contributed by atoms with Crippen molar-refractivity contribution in [1.82, 2.24) is 15.5 Å². The van der Waals surface area contributed by atoms with Gasteiger partial charge >= 0.3 is 5.97 Å². The summed E-state index contributed by atoms with van der Waals surface area (Å²) in [6.07, 6.45) is 0.0164. The number of carbonyl (C=O) groups is 3. The maximum Gasteiger partial charge on any atom is 0.306 e. The Morgan fingerprint density at radius 1 is 1.03 bits per heavy atom. The van der Waals surface area contributed by atoms with E-state index < -0.39 is 24.4 Å². The molecule has 8 nitrogen and oxygen atoms in total. The lowest BCUT2D eigenvalue weighted by molar-refractivity contribution is -0.148. The summed E-state index contributed by atoms with van der Waals surface area (Å²) in [6.45, 7) is -0.581. The number of hydrogen-bond donors (Lipinski definition) is 1. The zero-order chi connectivity index (χ0) is 20.6. The number of halogens is 1. The van der Waals surface area contributed by atoms with E-state index in [-0.39, 0.29) is 30.4 Å². The third kappa shape index (κ3) is 5.80. The van der Waals surface area contributed by atoms with Crippen LogP contribution in [0.2, 0.25) is 0 Å². The SMILES string of the molecule is O=C(COC(=O)CCc1nc(-c2ccc(F)cc2)no1)NC(=O)c1ccccc1. The number of rotatable bonds is 7. The van der Waals surface area contributed by atoms with Gasteiger partial charge in [-0.2, -0.15) is 4.98 Å². The van der Waals surface area contributed by atoms with Crippen molar-refractivity contribution >= 4 is 17.8 Å². The molecule has 0 aliphatic carbocycles. The minimum Gasteiger partial charge on any atom is -0.456 e. The maximum atomic E-state index is 12.9. The highest BCUT2D eigenvalue weighted by Crippen LogP contribution is 2.16. The Morgan fingerprint density at radius 2 is 1.76 bits per heavy atom. The van der Waals surface area contributed by atoms with Crippen molar-refractivity contribution in [3.8, 4) is 11.4 Å². The van der Waals surface area contributed by atoms with E-state index in [2.05, 4.69) is 15.5 Å². The molecule has 1 N–H and O–H groups in total. The zero-order valence-electron chi connectivity index (χ0n) is 15.1. The normalized spacial score (nSPS) is 10.4. The number of imide groups is 1. The number of nitrogens with zero attached hydrogens (tertiary/aromatic N) is 2. The molecule has 0 spiro atoms. The van der Waals surface area contributed by atoms with E-state index in [1.165, 1.54) is 24.3 Å². The summed E-state index contributed by atoms with van der Waals surface area (Å²) in [4.78, 5) is 39.4. The second-order valence-corrected chi connectivity index (χ2v) is 5.92. The Labute approximate surface area is 164 Å².